The van der Waals surface area contributed by atoms with Crippen molar-refractivity contribution in [3.8, 4) is 0 Å². The van der Waals surface area contributed by atoms with Gasteiger partial charge in [0.1, 0.15) is 12.2 Å². The molecule has 5 heteroatoms. The van der Waals surface area contributed by atoms with E-state index in [9.17, 15) is 0 Å². The first kappa shape index (κ1) is 11.6. The number of aromatic nitrogens is 4. The highest BCUT2D eigenvalue weighted by Crippen LogP contribution is 2.39. The van der Waals surface area contributed by atoms with Gasteiger partial charge in [-0.3, -0.25) is 4.40 Å². The normalized spacial score (nSPS) is 28.7. The van der Waals surface area contributed by atoms with Gasteiger partial charge < -0.3 is 5.73 Å². The molecule has 1 saturated carbocycles. The van der Waals surface area contributed by atoms with Crippen molar-refractivity contribution >= 4 is 5.65 Å². The van der Waals surface area contributed by atoms with Crippen LogP contribution in [0.15, 0.2) is 18.6 Å². The maximum absolute atomic E-state index is 6.06. The van der Waals surface area contributed by atoms with E-state index in [1.165, 1.54) is 12.8 Å². The quantitative estimate of drug-likeness (QED) is 0.871. The molecule has 1 aliphatic carbocycles. The van der Waals surface area contributed by atoms with Crippen molar-refractivity contribution in [2.75, 3.05) is 6.54 Å². The summed E-state index contributed by atoms with van der Waals surface area (Å²) in [5, 5.41) is 8.60. The van der Waals surface area contributed by atoms with Crippen molar-refractivity contribution in [1.82, 2.24) is 19.6 Å². The Labute approximate surface area is 106 Å². The Kier molecular flexibility index (Phi) is 2.78. The Morgan fingerprint density at radius 2 is 2.17 bits per heavy atom. The molecule has 0 unspecified atom stereocenters. The van der Waals surface area contributed by atoms with E-state index in [0.29, 0.717) is 6.54 Å². The van der Waals surface area contributed by atoms with Gasteiger partial charge in [-0.15, -0.1) is 10.2 Å². The first-order valence-electron chi connectivity index (χ1n) is 6.60. The van der Waals surface area contributed by atoms with Crippen LogP contribution in [0.2, 0.25) is 0 Å². The predicted octanol–water partition coefficient (Wildman–Crippen LogP) is 1.53. The zero-order chi connectivity index (χ0) is 12.6. The number of nitrogens with zero attached hydrogens (tertiary/aromatic N) is 4. The van der Waals surface area contributed by atoms with Crippen LogP contribution in [0.1, 0.15) is 38.4 Å². The Morgan fingerprint density at radius 1 is 1.39 bits per heavy atom. The topological polar surface area (TPSA) is 69.1 Å². The molecule has 96 valence electrons. The third-order valence-corrected chi connectivity index (χ3v) is 4.31. The van der Waals surface area contributed by atoms with Gasteiger partial charge in [0.05, 0.1) is 0 Å². The lowest BCUT2D eigenvalue weighted by molar-refractivity contribution is 0.235. The van der Waals surface area contributed by atoms with E-state index in [-0.39, 0.29) is 5.41 Å². The van der Waals surface area contributed by atoms with Crippen LogP contribution in [0, 0.1) is 5.92 Å². The van der Waals surface area contributed by atoms with Crippen molar-refractivity contribution in [2.45, 2.75) is 38.0 Å². The minimum Gasteiger partial charge on any atom is -0.329 e. The molecule has 18 heavy (non-hydrogen) atoms. The van der Waals surface area contributed by atoms with E-state index in [4.69, 9.17) is 5.73 Å². The van der Waals surface area contributed by atoms with Crippen LogP contribution in [-0.2, 0) is 5.41 Å². The second-order valence-corrected chi connectivity index (χ2v) is 5.50. The summed E-state index contributed by atoms with van der Waals surface area (Å²) in [6.07, 6.45) is 8.16. The SMILES string of the molecule is CC1CCC(CN)(c2nnc3ccncn23)CC1. The molecule has 0 aliphatic heterocycles. The van der Waals surface area contributed by atoms with E-state index in [0.717, 1.165) is 30.2 Å². The van der Waals surface area contributed by atoms with Gasteiger partial charge in [0, 0.05) is 24.2 Å². The molecule has 2 aromatic heterocycles. The van der Waals surface area contributed by atoms with Crippen molar-refractivity contribution < 1.29 is 0 Å². The van der Waals surface area contributed by atoms with Gasteiger partial charge in [-0.05, 0) is 31.6 Å². The lowest BCUT2D eigenvalue weighted by Crippen LogP contribution is -2.40. The highest BCUT2D eigenvalue weighted by atomic mass is 15.3. The van der Waals surface area contributed by atoms with E-state index < -0.39 is 0 Å². The first-order chi connectivity index (χ1) is 8.75. The van der Waals surface area contributed by atoms with Gasteiger partial charge in [-0.2, -0.15) is 0 Å². The van der Waals surface area contributed by atoms with E-state index in [1.807, 2.05) is 10.5 Å². The molecule has 0 aromatic carbocycles. The molecule has 0 atom stereocenters. The average Bonchev–Trinajstić information content (AvgIpc) is 2.85. The average molecular weight is 245 g/mol. The van der Waals surface area contributed by atoms with Crippen LogP contribution in [0.5, 0.6) is 0 Å². The van der Waals surface area contributed by atoms with Crippen LogP contribution in [0.4, 0.5) is 0 Å². The van der Waals surface area contributed by atoms with Crippen molar-refractivity contribution in [2.24, 2.45) is 11.7 Å². The Morgan fingerprint density at radius 3 is 2.89 bits per heavy atom. The Balaban J connectivity index is 2.06. The summed E-state index contributed by atoms with van der Waals surface area (Å²) in [7, 11) is 0. The summed E-state index contributed by atoms with van der Waals surface area (Å²) in [5.41, 5.74) is 6.90. The fourth-order valence-corrected chi connectivity index (χ4v) is 2.94. The Bertz CT molecular complexity index is 539. The summed E-state index contributed by atoms with van der Waals surface area (Å²) >= 11 is 0. The van der Waals surface area contributed by atoms with Crippen molar-refractivity contribution in [3.63, 3.8) is 0 Å². The molecule has 3 rings (SSSR count). The molecule has 0 spiro atoms. The summed E-state index contributed by atoms with van der Waals surface area (Å²) in [6, 6.07) is 1.88. The largest absolute Gasteiger partial charge is 0.329 e. The summed E-state index contributed by atoms with van der Waals surface area (Å²) < 4.78 is 1.99. The lowest BCUT2D eigenvalue weighted by Gasteiger charge is -2.36. The molecule has 1 fully saturated rings. The molecule has 0 bridgehead atoms. The van der Waals surface area contributed by atoms with Crippen LogP contribution < -0.4 is 5.73 Å². The summed E-state index contributed by atoms with van der Waals surface area (Å²) in [6.45, 7) is 2.94. The third-order valence-electron chi connectivity index (χ3n) is 4.31. The highest BCUT2D eigenvalue weighted by Gasteiger charge is 2.38. The standard InChI is InChI=1S/C13H19N5/c1-10-2-5-13(8-14,6-3-10)12-17-16-11-4-7-15-9-18(11)12/h4,7,9-10H,2-3,5-6,8,14H2,1H3. The van der Waals surface area contributed by atoms with Crippen molar-refractivity contribution in [3.05, 3.63) is 24.4 Å². The van der Waals surface area contributed by atoms with Gasteiger partial charge in [-0.1, -0.05) is 6.92 Å². The minimum absolute atomic E-state index is 0.0189. The van der Waals surface area contributed by atoms with Gasteiger partial charge in [0.15, 0.2) is 5.65 Å². The van der Waals surface area contributed by atoms with Crippen LogP contribution >= 0.6 is 0 Å². The molecule has 0 radical (unpaired) electrons. The fourth-order valence-electron chi connectivity index (χ4n) is 2.94. The molecule has 2 heterocycles. The molecule has 5 nitrogen and oxygen atoms in total. The van der Waals surface area contributed by atoms with Gasteiger partial charge in [0.2, 0.25) is 0 Å². The molecule has 0 saturated heterocycles. The monoisotopic (exact) mass is 245 g/mol. The molecular formula is C13H19N5. The molecule has 1 aliphatic rings. The second kappa shape index (κ2) is 4.31. The number of hydrogen-bond acceptors (Lipinski definition) is 4. The lowest BCUT2D eigenvalue weighted by atomic mass is 9.70. The van der Waals surface area contributed by atoms with Crippen LogP contribution in [0.25, 0.3) is 5.65 Å². The Hall–Kier alpha value is -1.49. The minimum atomic E-state index is -0.0189. The number of rotatable bonds is 2. The van der Waals surface area contributed by atoms with Crippen LogP contribution in [0.3, 0.4) is 0 Å². The third kappa shape index (κ3) is 1.70. The van der Waals surface area contributed by atoms with E-state index >= 15 is 0 Å². The smallest absolute Gasteiger partial charge is 0.163 e. The van der Waals surface area contributed by atoms with Gasteiger partial charge in [0.25, 0.3) is 0 Å². The van der Waals surface area contributed by atoms with Crippen molar-refractivity contribution in [1.29, 1.82) is 0 Å². The van der Waals surface area contributed by atoms with Gasteiger partial charge in [-0.25, -0.2) is 4.98 Å². The first-order valence-corrected chi connectivity index (χ1v) is 6.60. The second-order valence-electron chi connectivity index (χ2n) is 5.50. The summed E-state index contributed by atoms with van der Waals surface area (Å²) in [4.78, 5) is 4.16. The summed E-state index contributed by atoms with van der Waals surface area (Å²) in [5.74, 6) is 1.78. The molecule has 2 aromatic rings. The fraction of sp³-hybridized carbons (Fsp3) is 0.615. The molecule has 2 N–H and O–H groups in total. The maximum atomic E-state index is 6.06. The van der Waals surface area contributed by atoms with E-state index in [1.54, 1.807) is 12.5 Å². The zero-order valence-corrected chi connectivity index (χ0v) is 10.7. The van der Waals surface area contributed by atoms with Gasteiger partial charge >= 0.3 is 0 Å². The maximum Gasteiger partial charge on any atom is 0.163 e. The number of nitrogens with two attached hydrogens (primary N) is 1. The van der Waals surface area contributed by atoms with E-state index in [2.05, 4.69) is 22.1 Å². The number of hydrogen-bond donors (Lipinski definition) is 1. The molecular weight excluding hydrogens is 226 g/mol. The molecule has 0 amide bonds. The zero-order valence-electron chi connectivity index (χ0n) is 10.7. The predicted molar refractivity (Wildman–Crippen MR) is 69.1 cm³/mol. The highest BCUT2D eigenvalue weighted by molar-refractivity contribution is 5.37. The van der Waals surface area contributed by atoms with Crippen LogP contribution in [-0.4, -0.2) is 26.1 Å². The number of fused-ring (bicyclic) bond motifs is 1.